The minimum atomic E-state index is -4.35. The van der Waals surface area contributed by atoms with Crippen LogP contribution in [0.25, 0.3) is 16.9 Å². The molecule has 3 aromatic rings. The Balaban J connectivity index is 2.14. The quantitative estimate of drug-likeness (QED) is 0.556. The topological polar surface area (TPSA) is 17.3 Å². The van der Waals surface area contributed by atoms with Crippen molar-refractivity contribution in [3.63, 3.8) is 0 Å². The predicted molar refractivity (Wildman–Crippen MR) is 78.3 cm³/mol. The van der Waals surface area contributed by atoms with E-state index in [4.69, 9.17) is 0 Å². The van der Waals surface area contributed by atoms with Crippen LogP contribution in [0.2, 0.25) is 0 Å². The number of hydrogen-bond donors (Lipinski definition) is 0. The average Bonchev–Trinajstić information content (AvgIpc) is 2.80. The molecule has 0 saturated heterocycles. The molecule has 0 atom stereocenters. The molecule has 0 amide bonds. The maximum atomic E-state index is 12.7. The van der Waals surface area contributed by atoms with Gasteiger partial charge in [0, 0.05) is 21.5 Å². The summed E-state index contributed by atoms with van der Waals surface area (Å²) in [5, 5.41) is 0. The molecule has 0 radical (unpaired) electrons. The molecule has 0 unspecified atom stereocenters. The highest BCUT2D eigenvalue weighted by Gasteiger charge is 2.30. The number of halogens is 4. The van der Waals surface area contributed by atoms with Crippen molar-refractivity contribution in [2.45, 2.75) is 6.18 Å². The van der Waals surface area contributed by atoms with Gasteiger partial charge in [0.05, 0.1) is 11.3 Å². The first-order valence-electron chi connectivity index (χ1n) is 5.76. The third kappa shape index (κ3) is 2.39. The van der Waals surface area contributed by atoms with E-state index in [0.29, 0.717) is 11.3 Å². The molecule has 6 heteroatoms. The van der Waals surface area contributed by atoms with E-state index in [-0.39, 0.29) is 0 Å². The van der Waals surface area contributed by atoms with Crippen LogP contribution in [-0.4, -0.2) is 9.38 Å². The van der Waals surface area contributed by atoms with E-state index < -0.39 is 11.7 Å². The summed E-state index contributed by atoms with van der Waals surface area (Å²) in [6.45, 7) is 0. The number of aromatic nitrogens is 2. The summed E-state index contributed by atoms with van der Waals surface area (Å²) in [5.41, 5.74) is 1.38. The van der Waals surface area contributed by atoms with Gasteiger partial charge in [-0.15, -0.1) is 0 Å². The Morgan fingerprint density at radius 2 is 1.75 bits per heavy atom. The number of rotatable bonds is 1. The first kappa shape index (κ1) is 13.4. The minimum Gasteiger partial charge on any atom is -0.306 e. The van der Waals surface area contributed by atoms with E-state index in [0.717, 1.165) is 21.4 Å². The first-order valence-corrected chi connectivity index (χ1v) is 6.84. The van der Waals surface area contributed by atoms with E-state index in [1.807, 2.05) is 24.3 Å². The lowest BCUT2D eigenvalue weighted by atomic mass is 10.2. The first-order chi connectivity index (χ1) is 9.45. The Kier molecular flexibility index (Phi) is 3.19. The lowest BCUT2D eigenvalue weighted by molar-refractivity contribution is -0.137. The summed E-state index contributed by atoms with van der Waals surface area (Å²) in [4.78, 5) is 4.36. The predicted octanol–water partition coefficient (Wildman–Crippen LogP) is 4.62. The van der Waals surface area contributed by atoms with Crippen molar-refractivity contribution in [3.8, 4) is 11.3 Å². The van der Waals surface area contributed by atoms with Crippen molar-refractivity contribution in [3.05, 3.63) is 57.9 Å². The normalized spacial score (nSPS) is 12.0. The number of nitrogens with zero attached hydrogens (tertiary/aromatic N) is 2. The number of benzene rings is 1. The Labute approximate surface area is 126 Å². The summed E-state index contributed by atoms with van der Waals surface area (Å²) in [5.74, 6) is 0. The number of fused-ring (bicyclic) bond motifs is 1. The average molecular weight is 388 g/mol. The Bertz CT molecular complexity index is 777. The van der Waals surface area contributed by atoms with Crippen molar-refractivity contribution in [2.75, 3.05) is 0 Å². The van der Waals surface area contributed by atoms with Crippen LogP contribution in [0.4, 0.5) is 13.2 Å². The monoisotopic (exact) mass is 388 g/mol. The smallest absolute Gasteiger partial charge is 0.306 e. The maximum Gasteiger partial charge on any atom is 0.417 e. The maximum absolute atomic E-state index is 12.7. The van der Waals surface area contributed by atoms with Crippen LogP contribution in [-0.2, 0) is 6.18 Å². The third-order valence-electron chi connectivity index (χ3n) is 2.93. The van der Waals surface area contributed by atoms with Crippen LogP contribution < -0.4 is 0 Å². The molecule has 2 nitrogen and oxygen atoms in total. The van der Waals surface area contributed by atoms with Gasteiger partial charge in [0.1, 0.15) is 5.65 Å². The molecule has 2 aromatic heterocycles. The van der Waals surface area contributed by atoms with Crippen LogP contribution >= 0.6 is 22.6 Å². The molecule has 0 N–H and O–H groups in total. The Morgan fingerprint density at radius 1 is 1.00 bits per heavy atom. The molecule has 1 aromatic carbocycles. The largest absolute Gasteiger partial charge is 0.417 e. The van der Waals surface area contributed by atoms with Gasteiger partial charge in [-0.05, 0) is 40.8 Å². The van der Waals surface area contributed by atoms with Gasteiger partial charge in [-0.1, -0.05) is 18.2 Å². The Morgan fingerprint density at radius 3 is 2.45 bits per heavy atom. The van der Waals surface area contributed by atoms with Crippen LogP contribution in [0.3, 0.4) is 0 Å². The lowest BCUT2D eigenvalue weighted by Gasteiger charge is -2.05. The summed E-state index contributed by atoms with van der Waals surface area (Å²) < 4.78 is 40.4. The lowest BCUT2D eigenvalue weighted by Crippen LogP contribution is -2.05. The van der Waals surface area contributed by atoms with E-state index in [1.165, 1.54) is 10.5 Å². The fourth-order valence-corrected chi connectivity index (χ4v) is 2.62. The molecule has 0 aliphatic rings. The van der Waals surface area contributed by atoms with Crippen LogP contribution in [0.15, 0.2) is 48.8 Å². The summed E-state index contributed by atoms with van der Waals surface area (Å²) in [7, 11) is 0. The van der Waals surface area contributed by atoms with Crippen molar-refractivity contribution >= 4 is 28.2 Å². The molecule has 2 heterocycles. The fourth-order valence-electron chi connectivity index (χ4n) is 1.96. The zero-order valence-corrected chi connectivity index (χ0v) is 12.2. The molecule has 102 valence electrons. The number of hydrogen-bond acceptors (Lipinski definition) is 1. The van der Waals surface area contributed by atoms with E-state index in [2.05, 4.69) is 27.6 Å². The van der Waals surface area contributed by atoms with Gasteiger partial charge in [0.25, 0.3) is 0 Å². The van der Waals surface area contributed by atoms with Gasteiger partial charge in [-0.3, -0.25) is 0 Å². The highest BCUT2D eigenvalue weighted by atomic mass is 127. The van der Waals surface area contributed by atoms with Gasteiger partial charge in [0.15, 0.2) is 0 Å². The van der Waals surface area contributed by atoms with E-state index >= 15 is 0 Å². The molecule has 0 bridgehead atoms. The van der Waals surface area contributed by atoms with Gasteiger partial charge in [0.2, 0.25) is 0 Å². The minimum absolute atomic E-state index is 0.493. The molecule has 0 spiro atoms. The number of pyridine rings is 1. The van der Waals surface area contributed by atoms with Gasteiger partial charge in [-0.2, -0.15) is 13.2 Å². The Hall–Kier alpha value is -1.57. The highest BCUT2D eigenvalue weighted by Crippen LogP contribution is 2.30. The SMILES string of the molecule is FC(F)(F)c1ccc2nc(-c3ccccc3I)cn2c1. The summed E-state index contributed by atoms with van der Waals surface area (Å²) >= 11 is 2.18. The molecule has 0 aliphatic carbocycles. The van der Waals surface area contributed by atoms with Crippen molar-refractivity contribution in [1.82, 2.24) is 9.38 Å². The third-order valence-corrected chi connectivity index (χ3v) is 3.87. The summed E-state index contributed by atoms with van der Waals surface area (Å²) in [6.07, 6.45) is -1.68. The van der Waals surface area contributed by atoms with Crippen LogP contribution in [0, 0.1) is 3.57 Å². The van der Waals surface area contributed by atoms with Crippen LogP contribution in [0.1, 0.15) is 5.56 Å². The van der Waals surface area contributed by atoms with E-state index in [9.17, 15) is 13.2 Å². The molecule has 3 rings (SSSR count). The molecule has 0 saturated carbocycles. The van der Waals surface area contributed by atoms with E-state index in [1.54, 1.807) is 6.20 Å². The van der Waals surface area contributed by atoms with Crippen molar-refractivity contribution < 1.29 is 13.2 Å². The second-order valence-electron chi connectivity index (χ2n) is 4.29. The zero-order chi connectivity index (χ0) is 14.3. The molecular formula is C14H8F3IN2. The van der Waals surface area contributed by atoms with Gasteiger partial charge < -0.3 is 4.40 Å². The summed E-state index contributed by atoms with van der Waals surface area (Å²) in [6, 6.07) is 10.0. The second-order valence-corrected chi connectivity index (χ2v) is 5.45. The number of imidazole rings is 1. The van der Waals surface area contributed by atoms with Gasteiger partial charge in [-0.25, -0.2) is 4.98 Å². The molecular weight excluding hydrogens is 380 g/mol. The van der Waals surface area contributed by atoms with Crippen LogP contribution in [0.5, 0.6) is 0 Å². The molecule has 20 heavy (non-hydrogen) atoms. The zero-order valence-electron chi connectivity index (χ0n) is 10.0. The van der Waals surface area contributed by atoms with Gasteiger partial charge >= 0.3 is 6.18 Å². The second kappa shape index (κ2) is 4.76. The van der Waals surface area contributed by atoms with Crippen molar-refractivity contribution in [1.29, 1.82) is 0 Å². The highest BCUT2D eigenvalue weighted by molar-refractivity contribution is 14.1. The fraction of sp³-hybridized carbons (Fsp3) is 0.0714. The number of alkyl halides is 3. The molecule has 0 aliphatic heterocycles. The standard InChI is InChI=1S/C14H8F3IN2/c15-14(16,17)9-5-6-13-19-12(8-20(13)7-9)10-3-1-2-4-11(10)18/h1-8H. The van der Waals surface area contributed by atoms with Crippen molar-refractivity contribution in [2.24, 2.45) is 0 Å². The molecule has 0 fully saturated rings.